The van der Waals surface area contributed by atoms with Crippen LogP contribution in [0, 0.1) is 6.07 Å². The van der Waals surface area contributed by atoms with Crippen molar-refractivity contribution in [3.05, 3.63) is 36.8 Å². The van der Waals surface area contributed by atoms with E-state index in [1.807, 2.05) is 12.1 Å². The van der Waals surface area contributed by atoms with Crippen molar-refractivity contribution in [1.29, 1.82) is 0 Å². The zero-order valence-corrected chi connectivity index (χ0v) is 5.78. The maximum Gasteiger partial charge on any atom is 0.102 e. The molecule has 0 bridgehead atoms. The Morgan fingerprint density at radius 3 is 3.09 bits per heavy atom. The highest BCUT2D eigenvalue weighted by molar-refractivity contribution is 5.55. The number of hydrogen-bond acceptors (Lipinski definition) is 2. The molecule has 2 aromatic rings. The van der Waals surface area contributed by atoms with Gasteiger partial charge >= 0.3 is 0 Å². The molecule has 1 radical (unpaired) electrons. The molecule has 0 unspecified atom stereocenters. The van der Waals surface area contributed by atoms with Crippen LogP contribution in [0.15, 0.2) is 30.7 Å². The number of nitrogens with zero attached hydrogens (tertiary/aromatic N) is 2. The SMILES string of the molecule is [c]1c[nH]nc1-c1cccnc1. The smallest absolute Gasteiger partial charge is 0.102 e. The van der Waals surface area contributed by atoms with Gasteiger partial charge in [-0.1, -0.05) is 0 Å². The normalized spacial score (nSPS) is 9.82. The lowest BCUT2D eigenvalue weighted by atomic mass is 10.2. The van der Waals surface area contributed by atoms with E-state index >= 15 is 0 Å². The molecule has 3 heteroatoms. The van der Waals surface area contributed by atoms with E-state index in [1.165, 1.54) is 0 Å². The van der Waals surface area contributed by atoms with Gasteiger partial charge in [-0.15, -0.1) is 0 Å². The number of aromatic amines is 1. The molecule has 11 heavy (non-hydrogen) atoms. The molecule has 3 nitrogen and oxygen atoms in total. The van der Waals surface area contributed by atoms with Crippen molar-refractivity contribution in [1.82, 2.24) is 15.2 Å². The van der Waals surface area contributed by atoms with Crippen molar-refractivity contribution in [3.8, 4) is 11.3 Å². The van der Waals surface area contributed by atoms with Crippen LogP contribution in [-0.4, -0.2) is 15.2 Å². The van der Waals surface area contributed by atoms with E-state index in [0.29, 0.717) is 0 Å². The number of aromatic nitrogens is 3. The van der Waals surface area contributed by atoms with E-state index in [0.717, 1.165) is 11.3 Å². The molecule has 0 fully saturated rings. The Bertz CT molecular complexity index is 312. The Labute approximate surface area is 64.1 Å². The van der Waals surface area contributed by atoms with E-state index in [9.17, 15) is 0 Å². The molecule has 53 valence electrons. The van der Waals surface area contributed by atoms with Crippen LogP contribution in [0.4, 0.5) is 0 Å². The van der Waals surface area contributed by atoms with Crippen molar-refractivity contribution in [3.63, 3.8) is 0 Å². The third-order valence-corrected chi connectivity index (χ3v) is 1.38. The van der Waals surface area contributed by atoms with Crippen molar-refractivity contribution in [2.45, 2.75) is 0 Å². The number of hydrogen-bond donors (Lipinski definition) is 1. The molecule has 2 rings (SSSR count). The van der Waals surface area contributed by atoms with Gasteiger partial charge in [-0.25, -0.2) is 0 Å². The maximum absolute atomic E-state index is 3.97. The Balaban J connectivity index is 2.46. The maximum atomic E-state index is 3.97. The van der Waals surface area contributed by atoms with Gasteiger partial charge in [-0.2, -0.15) is 5.10 Å². The van der Waals surface area contributed by atoms with Crippen LogP contribution in [0.2, 0.25) is 0 Å². The second-order valence-corrected chi connectivity index (χ2v) is 2.12. The monoisotopic (exact) mass is 144 g/mol. The topological polar surface area (TPSA) is 41.6 Å². The molecule has 0 atom stereocenters. The van der Waals surface area contributed by atoms with E-state index in [-0.39, 0.29) is 0 Å². The summed E-state index contributed by atoms with van der Waals surface area (Å²) in [4.78, 5) is 3.97. The lowest BCUT2D eigenvalue weighted by Crippen LogP contribution is -1.78. The van der Waals surface area contributed by atoms with Gasteiger partial charge in [-0.3, -0.25) is 10.1 Å². The van der Waals surface area contributed by atoms with E-state index < -0.39 is 0 Å². The number of pyridine rings is 1. The molecular formula is C8H6N3. The molecule has 0 aliphatic rings. The molecule has 0 saturated heterocycles. The molecule has 0 saturated carbocycles. The summed E-state index contributed by atoms with van der Waals surface area (Å²) in [5.74, 6) is 0. The predicted octanol–water partition coefficient (Wildman–Crippen LogP) is 1.27. The minimum Gasteiger partial charge on any atom is -0.284 e. The van der Waals surface area contributed by atoms with Crippen LogP contribution in [0.3, 0.4) is 0 Å². The third kappa shape index (κ3) is 1.12. The minimum absolute atomic E-state index is 0.804. The van der Waals surface area contributed by atoms with E-state index in [2.05, 4.69) is 21.2 Å². The van der Waals surface area contributed by atoms with Crippen LogP contribution in [-0.2, 0) is 0 Å². The summed E-state index contributed by atoms with van der Waals surface area (Å²) in [6.45, 7) is 0. The first-order valence-corrected chi connectivity index (χ1v) is 3.28. The summed E-state index contributed by atoms with van der Waals surface area (Å²) in [6, 6.07) is 6.76. The summed E-state index contributed by atoms with van der Waals surface area (Å²) in [5.41, 5.74) is 1.78. The standard InChI is InChI=1S/C8H6N3/c1-2-7(6-9-4-1)8-3-5-10-11-8/h1-2,4-6H,(H,10,11). The van der Waals surface area contributed by atoms with Crippen LogP contribution in [0.25, 0.3) is 11.3 Å². The highest BCUT2D eigenvalue weighted by Crippen LogP contribution is 2.11. The molecule has 2 heterocycles. The molecule has 0 aliphatic carbocycles. The largest absolute Gasteiger partial charge is 0.284 e. The van der Waals surface area contributed by atoms with Gasteiger partial charge in [0, 0.05) is 30.2 Å². The van der Waals surface area contributed by atoms with Crippen molar-refractivity contribution in [2.24, 2.45) is 0 Å². The fourth-order valence-corrected chi connectivity index (χ4v) is 0.880. The van der Waals surface area contributed by atoms with Gasteiger partial charge < -0.3 is 0 Å². The molecule has 0 aliphatic heterocycles. The molecule has 0 aromatic carbocycles. The lowest BCUT2D eigenvalue weighted by Gasteiger charge is -1.90. The summed E-state index contributed by atoms with van der Waals surface area (Å²) < 4.78 is 0. The summed E-state index contributed by atoms with van der Waals surface area (Å²) in [6.07, 6.45) is 5.16. The molecular weight excluding hydrogens is 138 g/mol. The first kappa shape index (κ1) is 6.09. The van der Waals surface area contributed by atoms with Crippen molar-refractivity contribution in [2.75, 3.05) is 0 Å². The second kappa shape index (κ2) is 2.54. The highest BCUT2D eigenvalue weighted by Gasteiger charge is 1.96. The fraction of sp³-hybridized carbons (Fsp3) is 0. The number of H-pyrrole nitrogens is 1. The molecule has 0 spiro atoms. The minimum atomic E-state index is 0.804. The molecule has 0 amide bonds. The quantitative estimate of drug-likeness (QED) is 0.654. The number of rotatable bonds is 1. The number of nitrogens with one attached hydrogen (secondary N) is 1. The first-order valence-electron chi connectivity index (χ1n) is 3.28. The predicted molar refractivity (Wildman–Crippen MR) is 40.7 cm³/mol. The van der Waals surface area contributed by atoms with Gasteiger partial charge in [0.25, 0.3) is 0 Å². The Hall–Kier alpha value is -1.64. The third-order valence-electron chi connectivity index (χ3n) is 1.38. The van der Waals surface area contributed by atoms with Gasteiger partial charge in [0.05, 0.1) is 0 Å². The highest BCUT2D eigenvalue weighted by atomic mass is 15.1. The lowest BCUT2D eigenvalue weighted by molar-refractivity contribution is 1.09. The first-order chi connectivity index (χ1) is 5.47. The summed E-state index contributed by atoms with van der Waals surface area (Å²) in [7, 11) is 0. The van der Waals surface area contributed by atoms with Crippen LogP contribution < -0.4 is 0 Å². The molecule has 1 N–H and O–H groups in total. The van der Waals surface area contributed by atoms with Gasteiger partial charge in [0.2, 0.25) is 0 Å². The van der Waals surface area contributed by atoms with Crippen molar-refractivity contribution < 1.29 is 0 Å². The fourth-order valence-electron chi connectivity index (χ4n) is 0.880. The summed E-state index contributed by atoms with van der Waals surface area (Å²) in [5, 5.41) is 6.66. The van der Waals surface area contributed by atoms with E-state index in [1.54, 1.807) is 18.6 Å². The second-order valence-electron chi connectivity index (χ2n) is 2.12. The Morgan fingerprint density at radius 2 is 2.45 bits per heavy atom. The van der Waals surface area contributed by atoms with E-state index in [4.69, 9.17) is 0 Å². The zero-order chi connectivity index (χ0) is 7.52. The average molecular weight is 144 g/mol. The molecule has 2 aromatic heterocycles. The van der Waals surface area contributed by atoms with Crippen LogP contribution in [0.5, 0.6) is 0 Å². The van der Waals surface area contributed by atoms with Gasteiger partial charge in [0.15, 0.2) is 0 Å². The summed E-state index contributed by atoms with van der Waals surface area (Å²) >= 11 is 0. The zero-order valence-electron chi connectivity index (χ0n) is 5.78. The average Bonchev–Trinajstić information content (AvgIpc) is 2.58. The van der Waals surface area contributed by atoms with Crippen LogP contribution in [0.1, 0.15) is 0 Å². The Kier molecular flexibility index (Phi) is 1.41. The van der Waals surface area contributed by atoms with Crippen LogP contribution >= 0.6 is 0 Å². The Morgan fingerprint density at radius 1 is 1.45 bits per heavy atom. The van der Waals surface area contributed by atoms with Gasteiger partial charge in [0.1, 0.15) is 5.69 Å². The van der Waals surface area contributed by atoms with Crippen molar-refractivity contribution >= 4 is 0 Å². The van der Waals surface area contributed by atoms with Gasteiger partial charge in [-0.05, 0) is 12.1 Å².